The number of nitrogens with zero attached hydrogens (tertiary/aromatic N) is 3. The number of halogens is 1. The van der Waals surface area contributed by atoms with Crippen molar-refractivity contribution in [2.45, 2.75) is 37.2 Å². The molecule has 0 aliphatic carbocycles. The van der Waals surface area contributed by atoms with E-state index in [1.807, 2.05) is 13.8 Å². The fourth-order valence-electron chi connectivity index (χ4n) is 2.24. The highest BCUT2D eigenvalue weighted by molar-refractivity contribution is 7.89. The molecule has 0 saturated carbocycles. The van der Waals surface area contributed by atoms with Crippen molar-refractivity contribution in [2.24, 2.45) is 0 Å². The molecule has 1 saturated heterocycles. The van der Waals surface area contributed by atoms with Crippen molar-refractivity contribution in [3.05, 3.63) is 12.4 Å². The fraction of sp³-hybridized carbons (Fsp3) is 0.750. The molecule has 0 amide bonds. The number of aryl methyl sites for hydroxylation is 1. The Kier molecular flexibility index (Phi) is 4.73. The summed E-state index contributed by atoms with van der Waals surface area (Å²) >= 11 is 5.63. The molecule has 20 heavy (non-hydrogen) atoms. The molecule has 1 aromatic heterocycles. The van der Waals surface area contributed by atoms with Crippen LogP contribution in [0.3, 0.4) is 0 Å². The molecule has 0 N–H and O–H groups in total. The van der Waals surface area contributed by atoms with E-state index in [0.29, 0.717) is 32.2 Å². The monoisotopic (exact) mass is 321 g/mol. The van der Waals surface area contributed by atoms with Gasteiger partial charge in [0.15, 0.2) is 0 Å². The van der Waals surface area contributed by atoms with Crippen LogP contribution in [0.4, 0.5) is 0 Å². The molecule has 1 aliphatic heterocycles. The van der Waals surface area contributed by atoms with E-state index in [1.54, 1.807) is 10.9 Å². The quantitative estimate of drug-likeness (QED) is 0.767. The number of hydrogen-bond donors (Lipinski definition) is 0. The fourth-order valence-corrected chi connectivity index (χ4v) is 4.07. The van der Waals surface area contributed by atoms with Crippen molar-refractivity contribution in [3.8, 4) is 0 Å². The van der Waals surface area contributed by atoms with E-state index in [1.165, 1.54) is 10.5 Å². The van der Waals surface area contributed by atoms with Gasteiger partial charge in [-0.25, -0.2) is 8.42 Å². The number of aromatic nitrogens is 2. The van der Waals surface area contributed by atoms with Crippen LogP contribution >= 0.6 is 11.6 Å². The van der Waals surface area contributed by atoms with E-state index < -0.39 is 15.6 Å². The second-order valence-corrected chi connectivity index (χ2v) is 7.66. The minimum Gasteiger partial charge on any atom is -0.378 e. The Morgan fingerprint density at radius 1 is 1.50 bits per heavy atom. The number of alkyl halides is 1. The van der Waals surface area contributed by atoms with Crippen LogP contribution in [0.2, 0.25) is 0 Å². The second-order valence-electron chi connectivity index (χ2n) is 5.42. The molecule has 0 bridgehead atoms. The normalized spacial score (nSPS) is 20.1. The van der Waals surface area contributed by atoms with Crippen molar-refractivity contribution in [2.75, 3.05) is 25.6 Å². The van der Waals surface area contributed by atoms with Crippen LogP contribution in [0.1, 0.15) is 20.3 Å². The summed E-state index contributed by atoms with van der Waals surface area (Å²) in [4.78, 5) is 0.224. The third-order valence-electron chi connectivity index (χ3n) is 3.29. The van der Waals surface area contributed by atoms with Gasteiger partial charge in [-0.3, -0.25) is 4.68 Å². The summed E-state index contributed by atoms with van der Waals surface area (Å²) < 4.78 is 33.8. The molecule has 1 aliphatic rings. The largest absolute Gasteiger partial charge is 0.378 e. The maximum Gasteiger partial charge on any atom is 0.246 e. The second kappa shape index (κ2) is 6.01. The van der Waals surface area contributed by atoms with E-state index >= 15 is 0 Å². The van der Waals surface area contributed by atoms with Crippen molar-refractivity contribution in [3.63, 3.8) is 0 Å². The Morgan fingerprint density at radius 3 is 2.90 bits per heavy atom. The lowest BCUT2D eigenvalue weighted by Crippen LogP contribution is -2.55. The van der Waals surface area contributed by atoms with Crippen LogP contribution in [-0.2, 0) is 21.3 Å². The first kappa shape index (κ1) is 15.8. The lowest BCUT2D eigenvalue weighted by Gasteiger charge is -2.40. The molecule has 0 unspecified atom stereocenters. The third kappa shape index (κ3) is 3.16. The number of hydrogen-bond acceptors (Lipinski definition) is 4. The van der Waals surface area contributed by atoms with Gasteiger partial charge in [-0.2, -0.15) is 9.40 Å². The van der Waals surface area contributed by atoms with Crippen molar-refractivity contribution in [1.82, 2.24) is 14.1 Å². The molecule has 0 spiro atoms. The SMILES string of the molecule is CC1(C)COCCN1S(=O)(=O)c1cnn(CCCCl)c1. The minimum atomic E-state index is -3.54. The standard InChI is InChI=1S/C12H20ClN3O3S/c1-12(2)10-19-7-6-16(12)20(17,18)11-8-14-15(9-11)5-3-4-13/h8-9H,3-7,10H2,1-2H3. The van der Waals surface area contributed by atoms with Crippen molar-refractivity contribution >= 4 is 21.6 Å². The average molecular weight is 322 g/mol. The molecule has 0 atom stereocenters. The molecular formula is C12H20ClN3O3S. The zero-order valence-electron chi connectivity index (χ0n) is 11.7. The van der Waals surface area contributed by atoms with E-state index in [-0.39, 0.29) is 4.90 Å². The Bertz CT molecular complexity index is 556. The number of sulfonamides is 1. The molecule has 6 nitrogen and oxygen atoms in total. The van der Waals surface area contributed by atoms with Crippen LogP contribution < -0.4 is 0 Å². The van der Waals surface area contributed by atoms with Crippen molar-refractivity contribution in [1.29, 1.82) is 0 Å². The first-order chi connectivity index (χ1) is 9.38. The lowest BCUT2D eigenvalue weighted by atomic mass is 10.1. The van der Waals surface area contributed by atoms with Crippen LogP contribution in [-0.4, -0.2) is 53.7 Å². The minimum absolute atomic E-state index is 0.224. The van der Waals surface area contributed by atoms with E-state index in [0.717, 1.165) is 6.42 Å². The average Bonchev–Trinajstić information content (AvgIpc) is 2.85. The Labute approximate surface area is 124 Å². The van der Waals surface area contributed by atoms with Gasteiger partial charge < -0.3 is 4.74 Å². The van der Waals surface area contributed by atoms with Gasteiger partial charge in [-0.1, -0.05) is 0 Å². The highest BCUT2D eigenvalue weighted by Gasteiger charge is 2.40. The lowest BCUT2D eigenvalue weighted by molar-refractivity contribution is -0.00771. The van der Waals surface area contributed by atoms with E-state index in [2.05, 4.69) is 5.10 Å². The Hall–Kier alpha value is -0.630. The summed E-state index contributed by atoms with van der Waals surface area (Å²) in [6, 6.07) is 0. The molecule has 1 fully saturated rings. The molecule has 0 radical (unpaired) electrons. The van der Waals surface area contributed by atoms with E-state index in [4.69, 9.17) is 16.3 Å². The van der Waals surface area contributed by atoms with Crippen LogP contribution in [0.25, 0.3) is 0 Å². The van der Waals surface area contributed by atoms with Gasteiger partial charge >= 0.3 is 0 Å². The molecule has 114 valence electrons. The van der Waals surface area contributed by atoms with Crippen molar-refractivity contribution < 1.29 is 13.2 Å². The predicted octanol–water partition coefficient (Wildman–Crippen LogP) is 1.31. The molecular weight excluding hydrogens is 302 g/mol. The molecule has 8 heteroatoms. The highest BCUT2D eigenvalue weighted by Crippen LogP contribution is 2.27. The first-order valence-electron chi connectivity index (χ1n) is 6.57. The number of morpholine rings is 1. The zero-order chi connectivity index (χ0) is 14.8. The molecule has 2 heterocycles. The summed E-state index contributed by atoms with van der Waals surface area (Å²) in [6.07, 6.45) is 3.72. The van der Waals surface area contributed by atoms with Gasteiger partial charge in [0.2, 0.25) is 10.0 Å². The van der Waals surface area contributed by atoms with E-state index in [9.17, 15) is 8.42 Å². The third-order valence-corrected chi connectivity index (χ3v) is 5.62. The maximum absolute atomic E-state index is 12.7. The highest BCUT2D eigenvalue weighted by atomic mass is 35.5. The maximum atomic E-state index is 12.7. The molecule has 1 aromatic rings. The Balaban J connectivity index is 2.23. The van der Waals surface area contributed by atoms with Crippen LogP contribution in [0, 0.1) is 0 Å². The summed E-state index contributed by atoms with van der Waals surface area (Å²) in [5, 5.41) is 4.08. The van der Waals surface area contributed by atoms with Gasteiger partial charge in [0.1, 0.15) is 4.90 Å². The van der Waals surface area contributed by atoms with Gasteiger partial charge in [0.05, 0.1) is 24.9 Å². The predicted molar refractivity (Wildman–Crippen MR) is 76.4 cm³/mol. The summed E-state index contributed by atoms with van der Waals surface area (Å²) in [6.45, 7) is 5.52. The summed E-state index contributed by atoms with van der Waals surface area (Å²) in [5.41, 5.74) is -0.546. The topological polar surface area (TPSA) is 64.4 Å². The number of rotatable bonds is 5. The summed E-state index contributed by atoms with van der Waals surface area (Å²) in [5.74, 6) is 0.526. The molecule has 2 rings (SSSR count). The first-order valence-corrected chi connectivity index (χ1v) is 8.54. The summed E-state index contributed by atoms with van der Waals surface area (Å²) in [7, 11) is -3.54. The molecule has 0 aromatic carbocycles. The van der Waals surface area contributed by atoms with Crippen LogP contribution in [0.15, 0.2) is 17.3 Å². The zero-order valence-corrected chi connectivity index (χ0v) is 13.3. The number of ether oxygens (including phenoxy) is 1. The Morgan fingerprint density at radius 2 is 2.25 bits per heavy atom. The van der Waals surface area contributed by atoms with Crippen LogP contribution in [0.5, 0.6) is 0 Å². The van der Waals surface area contributed by atoms with Gasteiger partial charge in [-0.15, -0.1) is 11.6 Å². The van der Waals surface area contributed by atoms with Gasteiger partial charge in [-0.05, 0) is 20.3 Å². The van der Waals surface area contributed by atoms with Gasteiger partial charge in [0.25, 0.3) is 0 Å². The van der Waals surface area contributed by atoms with Gasteiger partial charge in [0, 0.05) is 25.2 Å². The smallest absolute Gasteiger partial charge is 0.246 e.